The second-order valence-electron chi connectivity index (χ2n) is 7.70. The van der Waals surface area contributed by atoms with E-state index in [1.165, 1.54) is 12.8 Å². The van der Waals surface area contributed by atoms with Gasteiger partial charge in [-0.25, -0.2) is 0 Å². The number of hydrogen-bond donors (Lipinski definition) is 2. The fraction of sp³-hybridized carbons (Fsp3) is 0.619. The Labute approximate surface area is 178 Å². The lowest BCUT2D eigenvalue weighted by Gasteiger charge is -2.28. The Hall–Kier alpha value is -1.24. The molecule has 2 saturated heterocycles. The minimum atomic E-state index is 0. The number of nitrogens with one attached hydrogen (secondary N) is 2. The molecule has 2 N–H and O–H groups in total. The van der Waals surface area contributed by atoms with Crippen LogP contribution in [0.3, 0.4) is 0 Å². The van der Waals surface area contributed by atoms with E-state index < -0.39 is 0 Å². The molecule has 0 saturated carbocycles. The van der Waals surface area contributed by atoms with E-state index in [0.717, 1.165) is 48.9 Å². The summed E-state index contributed by atoms with van der Waals surface area (Å²) < 4.78 is 0. The van der Waals surface area contributed by atoms with Crippen molar-refractivity contribution in [2.75, 3.05) is 43.0 Å². The molecule has 2 heterocycles. The van der Waals surface area contributed by atoms with E-state index in [2.05, 4.69) is 17.6 Å². The zero-order valence-corrected chi connectivity index (χ0v) is 18.2. The van der Waals surface area contributed by atoms with Crippen LogP contribution in [0.1, 0.15) is 31.7 Å². The molecule has 0 aromatic heterocycles. The van der Waals surface area contributed by atoms with Gasteiger partial charge in [0.25, 0.3) is 0 Å². The average Bonchev–Trinajstić information content (AvgIpc) is 2.70. The highest BCUT2D eigenvalue weighted by Gasteiger charge is 2.22. The minimum absolute atomic E-state index is 0. The predicted octanol–water partition coefficient (Wildman–Crippen LogP) is 3.19. The summed E-state index contributed by atoms with van der Waals surface area (Å²) in [6, 6.07) is 7.69. The van der Waals surface area contributed by atoms with Crippen LogP contribution in [0, 0.1) is 11.8 Å². The van der Waals surface area contributed by atoms with E-state index in [4.69, 9.17) is 0 Å². The Kier molecular flexibility index (Phi) is 9.62. The van der Waals surface area contributed by atoms with E-state index in [1.54, 1.807) is 0 Å². The van der Waals surface area contributed by atoms with Crippen LogP contribution in [0.5, 0.6) is 0 Å². The normalized spacial score (nSPS) is 20.8. The first-order valence-corrected chi connectivity index (χ1v) is 11.2. The molecule has 2 unspecified atom stereocenters. The van der Waals surface area contributed by atoms with Crippen LogP contribution in [0.2, 0.25) is 0 Å². The number of halogens is 1. The predicted molar refractivity (Wildman–Crippen MR) is 119 cm³/mol. The molecular weight excluding hydrogens is 394 g/mol. The minimum Gasteiger partial charge on any atom is -0.341 e. The summed E-state index contributed by atoms with van der Waals surface area (Å²) in [5.74, 6) is 3.31. The summed E-state index contributed by atoms with van der Waals surface area (Å²) in [7, 11) is 0. The molecule has 3 rings (SSSR count). The van der Waals surface area contributed by atoms with Gasteiger partial charge in [0.2, 0.25) is 11.8 Å². The fourth-order valence-electron chi connectivity index (χ4n) is 3.84. The van der Waals surface area contributed by atoms with Crippen LogP contribution in [-0.2, 0) is 16.0 Å². The van der Waals surface area contributed by atoms with E-state index in [0.29, 0.717) is 24.7 Å². The number of thioether (sulfide) groups is 1. The lowest BCUT2D eigenvalue weighted by molar-refractivity contribution is -0.130. The molecule has 1 aromatic rings. The van der Waals surface area contributed by atoms with E-state index in [9.17, 15) is 9.59 Å². The van der Waals surface area contributed by atoms with Gasteiger partial charge in [-0.05, 0) is 55.5 Å². The Bertz CT molecular complexity index is 629. The van der Waals surface area contributed by atoms with Crippen molar-refractivity contribution in [3.63, 3.8) is 0 Å². The molecule has 2 amide bonds. The number of rotatable bonds is 6. The standard InChI is InChI=1S/C21H31N3O2S.ClH/c1-16(18-3-2-8-22-15-18)13-20(25)23-19-6-4-17(5-7-19)14-21(26)24-9-11-27-12-10-24;/h4-7,16,18,22H,2-3,8-15H2,1H3,(H,23,25);1H. The first-order valence-electron chi connectivity index (χ1n) is 10.1. The van der Waals surface area contributed by atoms with Gasteiger partial charge in [0.05, 0.1) is 6.42 Å². The molecule has 5 nitrogen and oxygen atoms in total. The molecule has 156 valence electrons. The third kappa shape index (κ3) is 6.98. The van der Waals surface area contributed by atoms with Gasteiger partial charge in [0.1, 0.15) is 0 Å². The molecule has 0 spiro atoms. The first kappa shape index (κ1) is 23.0. The van der Waals surface area contributed by atoms with Gasteiger partial charge >= 0.3 is 0 Å². The lowest BCUT2D eigenvalue weighted by Crippen LogP contribution is -2.38. The summed E-state index contributed by atoms with van der Waals surface area (Å²) >= 11 is 1.91. The number of carbonyl (C=O) groups is 2. The zero-order chi connectivity index (χ0) is 19.1. The van der Waals surface area contributed by atoms with E-state index in [-0.39, 0.29) is 24.2 Å². The van der Waals surface area contributed by atoms with Crippen molar-refractivity contribution in [2.24, 2.45) is 11.8 Å². The van der Waals surface area contributed by atoms with Crippen LogP contribution in [-0.4, -0.2) is 54.4 Å². The summed E-state index contributed by atoms with van der Waals surface area (Å²) in [6.45, 7) is 6.00. The van der Waals surface area contributed by atoms with Crippen LogP contribution < -0.4 is 10.6 Å². The van der Waals surface area contributed by atoms with Crippen LogP contribution in [0.15, 0.2) is 24.3 Å². The van der Waals surface area contributed by atoms with Gasteiger partial charge in [-0.15, -0.1) is 12.4 Å². The summed E-state index contributed by atoms with van der Waals surface area (Å²) in [6.07, 6.45) is 3.40. The summed E-state index contributed by atoms with van der Waals surface area (Å²) in [4.78, 5) is 26.6. The van der Waals surface area contributed by atoms with Crippen molar-refractivity contribution in [2.45, 2.75) is 32.6 Å². The maximum atomic E-state index is 12.3. The van der Waals surface area contributed by atoms with Crippen molar-refractivity contribution >= 4 is 41.7 Å². The highest BCUT2D eigenvalue weighted by Crippen LogP contribution is 2.23. The van der Waals surface area contributed by atoms with Gasteiger partial charge in [-0.2, -0.15) is 11.8 Å². The Balaban J connectivity index is 0.00000280. The Morgan fingerprint density at radius 1 is 1.25 bits per heavy atom. The van der Waals surface area contributed by atoms with Gasteiger partial charge in [-0.3, -0.25) is 9.59 Å². The smallest absolute Gasteiger partial charge is 0.227 e. The number of hydrogen-bond acceptors (Lipinski definition) is 4. The van der Waals surface area contributed by atoms with Crippen LogP contribution in [0.25, 0.3) is 0 Å². The third-order valence-corrected chi connectivity index (χ3v) is 6.55. The Morgan fingerprint density at radius 2 is 1.96 bits per heavy atom. The lowest BCUT2D eigenvalue weighted by atomic mass is 9.85. The first-order chi connectivity index (χ1) is 13.1. The van der Waals surface area contributed by atoms with E-state index >= 15 is 0 Å². The molecular formula is C21H32ClN3O2S. The molecule has 2 aliphatic rings. The second-order valence-corrected chi connectivity index (χ2v) is 8.93. The molecule has 28 heavy (non-hydrogen) atoms. The maximum absolute atomic E-state index is 12.3. The van der Waals surface area contributed by atoms with Gasteiger partial charge in [0.15, 0.2) is 0 Å². The van der Waals surface area contributed by atoms with Crippen molar-refractivity contribution in [3.05, 3.63) is 29.8 Å². The zero-order valence-electron chi connectivity index (χ0n) is 16.6. The number of carbonyl (C=O) groups excluding carboxylic acids is 2. The number of nitrogens with zero attached hydrogens (tertiary/aromatic N) is 1. The number of piperidine rings is 1. The quantitative estimate of drug-likeness (QED) is 0.734. The number of amides is 2. The highest BCUT2D eigenvalue weighted by atomic mass is 35.5. The van der Waals surface area contributed by atoms with Crippen molar-refractivity contribution in [1.29, 1.82) is 0 Å². The monoisotopic (exact) mass is 425 g/mol. The van der Waals surface area contributed by atoms with Crippen molar-refractivity contribution in [1.82, 2.24) is 10.2 Å². The number of benzene rings is 1. The fourth-order valence-corrected chi connectivity index (χ4v) is 4.74. The summed E-state index contributed by atoms with van der Waals surface area (Å²) in [5, 5.41) is 6.42. The average molecular weight is 426 g/mol. The van der Waals surface area contributed by atoms with Crippen LogP contribution >= 0.6 is 24.2 Å². The topological polar surface area (TPSA) is 61.4 Å². The number of anilines is 1. The molecule has 2 aliphatic heterocycles. The van der Waals surface area contributed by atoms with Crippen molar-refractivity contribution < 1.29 is 9.59 Å². The largest absolute Gasteiger partial charge is 0.341 e. The van der Waals surface area contributed by atoms with Crippen LogP contribution in [0.4, 0.5) is 5.69 Å². The second kappa shape index (κ2) is 11.7. The highest BCUT2D eigenvalue weighted by molar-refractivity contribution is 7.99. The maximum Gasteiger partial charge on any atom is 0.227 e. The van der Waals surface area contributed by atoms with Gasteiger partial charge in [-0.1, -0.05) is 19.1 Å². The SMILES string of the molecule is CC(CC(=O)Nc1ccc(CC(=O)N2CCSCC2)cc1)C1CCCNC1.Cl. The summed E-state index contributed by atoms with van der Waals surface area (Å²) in [5.41, 5.74) is 1.80. The van der Waals surface area contributed by atoms with Gasteiger partial charge < -0.3 is 15.5 Å². The molecule has 1 aromatic carbocycles. The molecule has 0 aliphatic carbocycles. The molecule has 7 heteroatoms. The van der Waals surface area contributed by atoms with E-state index in [1.807, 2.05) is 40.9 Å². The molecule has 0 radical (unpaired) electrons. The third-order valence-electron chi connectivity index (χ3n) is 5.60. The molecule has 2 atom stereocenters. The molecule has 0 bridgehead atoms. The Morgan fingerprint density at radius 3 is 2.61 bits per heavy atom. The molecule has 2 fully saturated rings. The van der Waals surface area contributed by atoms with Gasteiger partial charge in [0, 0.05) is 36.7 Å². The van der Waals surface area contributed by atoms with Crippen molar-refractivity contribution in [3.8, 4) is 0 Å².